The maximum absolute atomic E-state index is 11.8. The number of hydrogen-bond donors (Lipinski definition) is 1. The van der Waals surface area contributed by atoms with Crippen molar-refractivity contribution >= 4 is 27.5 Å². The summed E-state index contributed by atoms with van der Waals surface area (Å²) in [6.07, 6.45) is 0. The number of carbonyl (C=O) groups excluding carboxylic acids is 1. The minimum absolute atomic E-state index is 0.00289. The second-order valence-electron chi connectivity index (χ2n) is 5.07. The first kappa shape index (κ1) is 15.6. The lowest BCUT2D eigenvalue weighted by Gasteiger charge is -2.09. The molecule has 21 heavy (non-hydrogen) atoms. The fourth-order valence-corrected chi connectivity index (χ4v) is 2.09. The minimum Gasteiger partial charge on any atom is -0.484 e. The maximum Gasteiger partial charge on any atom is 0.262 e. The molecule has 0 bridgehead atoms. The average molecular weight is 348 g/mol. The van der Waals surface area contributed by atoms with Gasteiger partial charge in [-0.25, -0.2) is 0 Å². The minimum atomic E-state index is -0.176. The zero-order chi connectivity index (χ0) is 15.2. The summed E-state index contributed by atoms with van der Waals surface area (Å²) in [4.78, 5) is 11.8. The number of hydrogen-bond acceptors (Lipinski definition) is 2. The van der Waals surface area contributed by atoms with E-state index < -0.39 is 0 Å². The Balaban J connectivity index is 1.84. The maximum atomic E-state index is 11.8. The van der Waals surface area contributed by atoms with Gasteiger partial charge in [0.25, 0.3) is 5.91 Å². The first-order chi connectivity index (χ1) is 10.0. The zero-order valence-electron chi connectivity index (χ0n) is 12.1. The van der Waals surface area contributed by atoms with Crippen LogP contribution in [0.1, 0.15) is 25.3 Å². The Bertz CT molecular complexity index is 591. The van der Waals surface area contributed by atoms with Crippen LogP contribution in [0.2, 0.25) is 0 Å². The van der Waals surface area contributed by atoms with Gasteiger partial charge >= 0.3 is 0 Å². The van der Waals surface area contributed by atoms with Crippen LogP contribution < -0.4 is 10.1 Å². The Kier molecular flexibility index (Phi) is 5.39. The van der Waals surface area contributed by atoms with Gasteiger partial charge in [-0.15, -0.1) is 0 Å². The molecule has 0 spiro atoms. The summed E-state index contributed by atoms with van der Waals surface area (Å²) in [5.41, 5.74) is 2.00. The molecule has 2 aromatic rings. The lowest BCUT2D eigenvalue weighted by Crippen LogP contribution is -2.20. The largest absolute Gasteiger partial charge is 0.484 e. The van der Waals surface area contributed by atoms with Crippen molar-refractivity contribution in [1.29, 1.82) is 0 Å². The standard InChI is InChI=1S/C17H18BrNO2/c1-12(2)13-3-9-16(10-4-13)21-11-17(20)19-15-7-5-14(18)6-8-15/h3-10,12H,11H2,1-2H3,(H,19,20). The molecule has 3 nitrogen and oxygen atoms in total. The number of carbonyl (C=O) groups is 1. The number of benzene rings is 2. The van der Waals surface area contributed by atoms with Crippen LogP contribution >= 0.6 is 15.9 Å². The van der Waals surface area contributed by atoms with Crippen molar-refractivity contribution < 1.29 is 9.53 Å². The summed E-state index contributed by atoms with van der Waals surface area (Å²) in [6, 6.07) is 15.2. The Labute approximate surface area is 133 Å². The normalized spacial score (nSPS) is 10.5. The summed E-state index contributed by atoms with van der Waals surface area (Å²) in [5.74, 6) is 1.01. The third-order valence-electron chi connectivity index (χ3n) is 3.04. The van der Waals surface area contributed by atoms with Gasteiger partial charge in [-0.3, -0.25) is 4.79 Å². The second-order valence-corrected chi connectivity index (χ2v) is 5.98. The highest BCUT2D eigenvalue weighted by Gasteiger charge is 2.04. The molecule has 0 aromatic heterocycles. The van der Waals surface area contributed by atoms with E-state index in [4.69, 9.17) is 4.74 Å². The molecule has 1 N–H and O–H groups in total. The van der Waals surface area contributed by atoms with Crippen molar-refractivity contribution in [1.82, 2.24) is 0 Å². The molecule has 110 valence electrons. The highest BCUT2D eigenvalue weighted by Crippen LogP contribution is 2.18. The predicted octanol–water partition coefficient (Wildman–Crippen LogP) is 4.59. The van der Waals surface area contributed by atoms with Gasteiger partial charge in [0.1, 0.15) is 5.75 Å². The average Bonchev–Trinajstić information content (AvgIpc) is 2.48. The molecule has 0 aliphatic carbocycles. The van der Waals surface area contributed by atoms with E-state index in [2.05, 4.69) is 35.1 Å². The molecule has 0 radical (unpaired) electrons. The van der Waals surface area contributed by atoms with Crippen molar-refractivity contribution in [3.05, 3.63) is 58.6 Å². The van der Waals surface area contributed by atoms with E-state index in [9.17, 15) is 4.79 Å². The van der Waals surface area contributed by atoms with Crippen LogP contribution in [-0.4, -0.2) is 12.5 Å². The van der Waals surface area contributed by atoms with Crippen LogP contribution in [-0.2, 0) is 4.79 Å². The molecule has 4 heteroatoms. The summed E-state index contributed by atoms with van der Waals surface area (Å²) in [7, 11) is 0. The summed E-state index contributed by atoms with van der Waals surface area (Å²) in [5, 5.41) is 2.78. The molecule has 0 fully saturated rings. The molecule has 0 saturated heterocycles. The molecular formula is C17H18BrNO2. The first-order valence-electron chi connectivity index (χ1n) is 6.83. The van der Waals surface area contributed by atoms with Gasteiger partial charge in [-0.05, 0) is 47.9 Å². The Hall–Kier alpha value is -1.81. The predicted molar refractivity (Wildman–Crippen MR) is 88.8 cm³/mol. The molecule has 0 heterocycles. The van der Waals surface area contributed by atoms with Crippen LogP contribution in [0.4, 0.5) is 5.69 Å². The van der Waals surface area contributed by atoms with E-state index in [1.165, 1.54) is 5.56 Å². The molecule has 0 aliphatic heterocycles. The van der Waals surface area contributed by atoms with E-state index >= 15 is 0 Å². The van der Waals surface area contributed by atoms with Gasteiger partial charge < -0.3 is 10.1 Å². The van der Waals surface area contributed by atoms with Crippen LogP contribution in [0.25, 0.3) is 0 Å². The molecule has 2 aromatic carbocycles. The lowest BCUT2D eigenvalue weighted by atomic mass is 10.0. The third-order valence-corrected chi connectivity index (χ3v) is 3.57. The van der Waals surface area contributed by atoms with Gasteiger partial charge in [0.05, 0.1) is 0 Å². The van der Waals surface area contributed by atoms with Crippen LogP contribution in [0.3, 0.4) is 0 Å². The molecule has 0 unspecified atom stereocenters. The van der Waals surface area contributed by atoms with Gasteiger partial charge in [0.2, 0.25) is 0 Å². The second kappa shape index (κ2) is 7.27. The molecule has 0 aliphatic rings. The highest BCUT2D eigenvalue weighted by atomic mass is 79.9. The van der Waals surface area contributed by atoms with E-state index in [1.807, 2.05) is 48.5 Å². The van der Waals surface area contributed by atoms with E-state index in [0.717, 1.165) is 10.2 Å². The van der Waals surface area contributed by atoms with Crippen LogP contribution in [0.15, 0.2) is 53.0 Å². The van der Waals surface area contributed by atoms with Crippen LogP contribution in [0.5, 0.6) is 5.75 Å². The summed E-state index contributed by atoms with van der Waals surface area (Å²) < 4.78 is 6.45. The van der Waals surface area contributed by atoms with E-state index in [1.54, 1.807) is 0 Å². The zero-order valence-corrected chi connectivity index (χ0v) is 13.7. The van der Waals surface area contributed by atoms with Gasteiger partial charge in [-0.1, -0.05) is 41.9 Å². The number of amides is 1. The number of nitrogens with one attached hydrogen (secondary N) is 1. The summed E-state index contributed by atoms with van der Waals surface area (Å²) >= 11 is 3.35. The van der Waals surface area contributed by atoms with Crippen LogP contribution in [0, 0.1) is 0 Å². The topological polar surface area (TPSA) is 38.3 Å². The van der Waals surface area contributed by atoms with E-state index in [0.29, 0.717) is 11.7 Å². The molecule has 0 atom stereocenters. The van der Waals surface area contributed by atoms with Crippen molar-refractivity contribution in [3.8, 4) is 5.75 Å². The molecule has 1 amide bonds. The number of ether oxygens (including phenoxy) is 1. The number of anilines is 1. The van der Waals surface area contributed by atoms with Crippen molar-refractivity contribution in [2.75, 3.05) is 11.9 Å². The lowest BCUT2D eigenvalue weighted by molar-refractivity contribution is -0.118. The summed E-state index contributed by atoms with van der Waals surface area (Å²) in [6.45, 7) is 4.28. The Morgan fingerprint density at radius 2 is 1.71 bits per heavy atom. The molecular weight excluding hydrogens is 330 g/mol. The Morgan fingerprint density at radius 3 is 2.29 bits per heavy atom. The van der Waals surface area contributed by atoms with E-state index in [-0.39, 0.29) is 12.5 Å². The number of rotatable bonds is 5. The highest BCUT2D eigenvalue weighted by molar-refractivity contribution is 9.10. The quantitative estimate of drug-likeness (QED) is 0.858. The van der Waals surface area contributed by atoms with Gasteiger partial charge in [0.15, 0.2) is 6.61 Å². The Morgan fingerprint density at radius 1 is 1.10 bits per heavy atom. The molecule has 2 rings (SSSR count). The van der Waals surface area contributed by atoms with Gasteiger partial charge in [-0.2, -0.15) is 0 Å². The van der Waals surface area contributed by atoms with Gasteiger partial charge in [0, 0.05) is 10.2 Å². The first-order valence-corrected chi connectivity index (χ1v) is 7.62. The monoisotopic (exact) mass is 347 g/mol. The van der Waals surface area contributed by atoms with Crippen molar-refractivity contribution in [2.24, 2.45) is 0 Å². The SMILES string of the molecule is CC(C)c1ccc(OCC(=O)Nc2ccc(Br)cc2)cc1. The smallest absolute Gasteiger partial charge is 0.262 e. The van der Waals surface area contributed by atoms with Crippen molar-refractivity contribution in [2.45, 2.75) is 19.8 Å². The third kappa shape index (κ3) is 4.90. The fraction of sp³-hybridized carbons (Fsp3) is 0.235. The van der Waals surface area contributed by atoms with Crippen molar-refractivity contribution in [3.63, 3.8) is 0 Å². The number of halogens is 1. The fourth-order valence-electron chi connectivity index (χ4n) is 1.83. The molecule has 0 saturated carbocycles.